The van der Waals surface area contributed by atoms with Crippen LogP contribution in [0.4, 0.5) is 17.1 Å². The predicted molar refractivity (Wildman–Crippen MR) is 159 cm³/mol. The molecule has 0 N–H and O–H groups in total. The van der Waals surface area contributed by atoms with Crippen molar-refractivity contribution in [2.75, 3.05) is 4.90 Å². The number of furan rings is 1. The first kappa shape index (κ1) is 20.6. The topological polar surface area (TPSA) is 16.4 Å². The Bertz CT molecular complexity index is 2100. The van der Waals surface area contributed by atoms with Gasteiger partial charge in [-0.15, -0.1) is 11.3 Å². The van der Waals surface area contributed by atoms with Gasteiger partial charge in [0.05, 0.1) is 11.4 Å². The number of rotatable bonds is 3. The van der Waals surface area contributed by atoms with Crippen LogP contribution < -0.4 is 4.90 Å². The molecule has 0 amide bonds. The summed E-state index contributed by atoms with van der Waals surface area (Å²) in [5.41, 5.74) is 5.09. The number of benzene rings is 6. The average Bonchev–Trinajstić information content (AvgIpc) is 3.54. The molecule has 37 heavy (non-hydrogen) atoms. The second-order valence-electron chi connectivity index (χ2n) is 9.34. The molecule has 8 rings (SSSR count). The van der Waals surface area contributed by atoms with Crippen LogP contribution in [0.2, 0.25) is 0 Å². The zero-order valence-electron chi connectivity index (χ0n) is 19.9. The lowest BCUT2D eigenvalue weighted by atomic mass is 10.0. The van der Waals surface area contributed by atoms with E-state index < -0.39 is 0 Å². The number of nitrogens with zero attached hydrogens (tertiary/aromatic N) is 1. The van der Waals surface area contributed by atoms with Crippen LogP contribution in [0, 0.1) is 0 Å². The van der Waals surface area contributed by atoms with Crippen LogP contribution in [0.1, 0.15) is 0 Å². The molecule has 2 aromatic heterocycles. The van der Waals surface area contributed by atoms with E-state index in [4.69, 9.17) is 4.42 Å². The Hall–Kier alpha value is -4.60. The maximum atomic E-state index is 6.51. The zero-order chi connectivity index (χ0) is 24.3. The van der Waals surface area contributed by atoms with Crippen molar-refractivity contribution in [2.45, 2.75) is 0 Å². The van der Waals surface area contributed by atoms with E-state index in [1.54, 1.807) is 0 Å². The predicted octanol–water partition coefficient (Wildman–Crippen LogP) is 10.6. The lowest BCUT2D eigenvalue weighted by Gasteiger charge is -2.26. The van der Waals surface area contributed by atoms with Gasteiger partial charge in [-0.2, -0.15) is 0 Å². The minimum absolute atomic E-state index is 0.898. The molecule has 0 bridgehead atoms. The summed E-state index contributed by atoms with van der Waals surface area (Å²) in [6.07, 6.45) is 0. The monoisotopic (exact) mass is 491 g/mol. The molecular weight excluding hydrogens is 470 g/mol. The van der Waals surface area contributed by atoms with E-state index in [9.17, 15) is 0 Å². The summed E-state index contributed by atoms with van der Waals surface area (Å²) in [6.45, 7) is 0. The van der Waals surface area contributed by atoms with Crippen molar-refractivity contribution in [3.05, 3.63) is 127 Å². The van der Waals surface area contributed by atoms with E-state index in [0.29, 0.717) is 0 Å². The standard InChI is InChI=1S/C34H21NOS/c1-2-11-23(12-3-1)35(29-17-8-15-26-25-14-6-7-18-30(25)36-33(26)29)28-16-9-19-31-32(28)27-21-20-22-10-4-5-13-24(22)34(27)37-31/h1-21H. The maximum Gasteiger partial charge on any atom is 0.159 e. The summed E-state index contributed by atoms with van der Waals surface area (Å²) in [5.74, 6) is 0. The number of para-hydroxylation sites is 3. The van der Waals surface area contributed by atoms with Gasteiger partial charge < -0.3 is 9.32 Å². The molecule has 0 fully saturated rings. The van der Waals surface area contributed by atoms with Crippen molar-refractivity contribution >= 4 is 81.3 Å². The average molecular weight is 492 g/mol. The first-order valence-corrected chi connectivity index (χ1v) is 13.3. The van der Waals surface area contributed by atoms with Gasteiger partial charge in [0.25, 0.3) is 0 Å². The van der Waals surface area contributed by atoms with Gasteiger partial charge in [-0.1, -0.05) is 91.0 Å². The molecule has 0 unspecified atom stereocenters. The molecule has 0 aliphatic rings. The normalized spacial score (nSPS) is 11.8. The summed E-state index contributed by atoms with van der Waals surface area (Å²) in [7, 11) is 0. The molecule has 174 valence electrons. The fourth-order valence-corrected chi connectivity index (χ4v) is 6.87. The molecule has 0 aliphatic heterocycles. The van der Waals surface area contributed by atoms with Gasteiger partial charge in [-0.3, -0.25) is 0 Å². The molecule has 0 spiro atoms. The Labute approximate surface area is 217 Å². The summed E-state index contributed by atoms with van der Waals surface area (Å²) in [4.78, 5) is 2.36. The van der Waals surface area contributed by atoms with Gasteiger partial charge >= 0.3 is 0 Å². The Morgan fingerprint density at radius 2 is 1.24 bits per heavy atom. The maximum absolute atomic E-state index is 6.51. The first-order valence-electron chi connectivity index (χ1n) is 12.5. The fraction of sp³-hybridized carbons (Fsp3) is 0. The van der Waals surface area contributed by atoms with Gasteiger partial charge in [-0.25, -0.2) is 0 Å². The molecule has 0 saturated heterocycles. The van der Waals surface area contributed by atoms with E-state index in [1.807, 2.05) is 23.5 Å². The highest BCUT2D eigenvalue weighted by atomic mass is 32.1. The summed E-state index contributed by atoms with van der Waals surface area (Å²) in [5, 5.41) is 7.39. The van der Waals surface area contributed by atoms with Crippen LogP contribution in [0.15, 0.2) is 132 Å². The highest BCUT2D eigenvalue weighted by Crippen LogP contribution is 2.48. The smallest absolute Gasteiger partial charge is 0.159 e. The molecule has 8 aromatic rings. The molecule has 2 heterocycles. The van der Waals surface area contributed by atoms with Crippen LogP contribution in [0.5, 0.6) is 0 Å². The van der Waals surface area contributed by atoms with E-state index in [0.717, 1.165) is 39.0 Å². The summed E-state index contributed by atoms with van der Waals surface area (Å²) >= 11 is 1.87. The largest absolute Gasteiger partial charge is 0.454 e. The Morgan fingerprint density at radius 1 is 0.514 bits per heavy atom. The number of fused-ring (bicyclic) bond motifs is 8. The van der Waals surface area contributed by atoms with Gasteiger partial charge in [0.2, 0.25) is 0 Å². The van der Waals surface area contributed by atoms with Crippen molar-refractivity contribution in [1.82, 2.24) is 0 Å². The van der Waals surface area contributed by atoms with Crippen LogP contribution in [-0.2, 0) is 0 Å². The third-order valence-electron chi connectivity index (χ3n) is 7.24. The summed E-state index contributed by atoms with van der Waals surface area (Å²) < 4.78 is 9.12. The highest BCUT2D eigenvalue weighted by molar-refractivity contribution is 7.26. The van der Waals surface area contributed by atoms with E-state index >= 15 is 0 Å². The molecule has 3 heteroatoms. The fourth-order valence-electron chi connectivity index (χ4n) is 5.61. The molecule has 0 atom stereocenters. The number of anilines is 3. The molecule has 0 aliphatic carbocycles. The number of hydrogen-bond donors (Lipinski definition) is 0. The van der Waals surface area contributed by atoms with Crippen molar-refractivity contribution in [2.24, 2.45) is 0 Å². The van der Waals surface area contributed by atoms with Gasteiger partial charge in [0.15, 0.2) is 5.58 Å². The quantitative estimate of drug-likeness (QED) is 0.244. The van der Waals surface area contributed by atoms with Crippen molar-refractivity contribution in [3.63, 3.8) is 0 Å². The van der Waals surface area contributed by atoms with E-state index in [2.05, 4.69) is 120 Å². The lowest BCUT2D eigenvalue weighted by molar-refractivity contribution is 0.669. The Balaban J connectivity index is 1.49. The van der Waals surface area contributed by atoms with E-state index in [-0.39, 0.29) is 0 Å². The minimum atomic E-state index is 0.898. The van der Waals surface area contributed by atoms with Crippen molar-refractivity contribution < 1.29 is 4.42 Å². The number of hydrogen-bond acceptors (Lipinski definition) is 3. The third-order valence-corrected chi connectivity index (χ3v) is 8.45. The highest BCUT2D eigenvalue weighted by Gasteiger charge is 2.22. The third kappa shape index (κ3) is 3.05. The SMILES string of the molecule is c1ccc(N(c2cccc3c2oc2ccccc23)c2cccc3sc4c5ccccc5ccc4c23)cc1. The summed E-state index contributed by atoms with van der Waals surface area (Å²) in [6, 6.07) is 45.2. The number of thiophene rings is 1. The molecule has 2 nitrogen and oxygen atoms in total. The zero-order valence-corrected chi connectivity index (χ0v) is 20.7. The van der Waals surface area contributed by atoms with Crippen LogP contribution in [-0.4, -0.2) is 0 Å². The second-order valence-corrected chi connectivity index (χ2v) is 10.4. The van der Waals surface area contributed by atoms with Crippen molar-refractivity contribution in [3.8, 4) is 0 Å². The van der Waals surface area contributed by atoms with Crippen LogP contribution in [0.25, 0.3) is 52.9 Å². The van der Waals surface area contributed by atoms with Crippen LogP contribution >= 0.6 is 11.3 Å². The molecule has 6 aromatic carbocycles. The van der Waals surface area contributed by atoms with Crippen molar-refractivity contribution in [1.29, 1.82) is 0 Å². The Morgan fingerprint density at radius 3 is 2.16 bits per heavy atom. The Kier molecular flexibility index (Phi) is 4.42. The van der Waals surface area contributed by atoms with Gasteiger partial charge in [-0.05, 0) is 47.2 Å². The van der Waals surface area contributed by atoms with Crippen LogP contribution in [0.3, 0.4) is 0 Å². The van der Waals surface area contributed by atoms with E-state index in [1.165, 1.54) is 30.9 Å². The first-order chi connectivity index (χ1) is 18.4. The van der Waals surface area contributed by atoms with Gasteiger partial charge in [0.1, 0.15) is 5.58 Å². The second kappa shape index (κ2) is 7.95. The van der Waals surface area contributed by atoms with Gasteiger partial charge in [0, 0.05) is 36.6 Å². The molecule has 0 radical (unpaired) electrons. The molecular formula is C34H21NOS. The minimum Gasteiger partial charge on any atom is -0.454 e. The lowest BCUT2D eigenvalue weighted by Crippen LogP contribution is -2.10. The molecule has 0 saturated carbocycles.